The summed E-state index contributed by atoms with van der Waals surface area (Å²) in [6.07, 6.45) is 9.37. The van der Waals surface area contributed by atoms with E-state index in [4.69, 9.17) is 4.18 Å². The van der Waals surface area contributed by atoms with Crippen LogP contribution >= 0.6 is 0 Å². The van der Waals surface area contributed by atoms with Crippen molar-refractivity contribution in [2.24, 2.45) is 0 Å². The van der Waals surface area contributed by atoms with Gasteiger partial charge in [0.25, 0.3) is 10.1 Å². The molecule has 0 unspecified atom stereocenters. The highest BCUT2D eigenvalue weighted by Crippen LogP contribution is 2.24. The van der Waals surface area contributed by atoms with Crippen molar-refractivity contribution in [1.29, 1.82) is 0 Å². The molecule has 0 spiro atoms. The standard InChI is InChI=1S/C20H28O3S.H3N/c1-2-3-4-5-6-7-8-11-17-23-24(21,22)20-16-12-14-18-13-9-10-15-19(18)20;/h9-10,12-16H,2-8,11,17H2,1H3;1H3. The third kappa shape index (κ3) is 6.77. The average Bonchev–Trinajstić information content (AvgIpc) is 2.59. The molecule has 0 amide bonds. The van der Waals surface area contributed by atoms with E-state index in [-0.39, 0.29) is 17.7 Å². The van der Waals surface area contributed by atoms with E-state index >= 15 is 0 Å². The molecular formula is C20H31NO3S. The van der Waals surface area contributed by atoms with Crippen LogP contribution in [0.2, 0.25) is 0 Å². The molecule has 0 aliphatic heterocycles. The molecule has 0 saturated carbocycles. The number of hydrogen-bond acceptors (Lipinski definition) is 4. The van der Waals surface area contributed by atoms with Crippen LogP contribution in [-0.4, -0.2) is 15.0 Å². The quantitative estimate of drug-likeness (QED) is 0.400. The fourth-order valence-corrected chi connectivity index (χ4v) is 4.05. The summed E-state index contributed by atoms with van der Waals surface area (Å²) in [6, 6.07) is 12.8. The molecule has 140 valence electrons. The van der Waals surface area contributed by atoms with Gasteiger partial charge in [-0.2, -0.15) is 8.42 Å². The van der Waals surface area contributed by atoms with Crippen LogP contribution in [0.1, 0.15) is 58.3 Å². The Labute approximate surface area is 152 Å². The molecule has 0 fully saturated rings. The molecule has 0 aromatic heterocycles. The molecule has 2 aromatic carbocycles. The average molecular weight is 366 g/mol. The molecule has 0 heterocycles. The zero-order chi connectivity index (χ0) is 17.3. The SMILES string of the molecule is CCCCCCCCCCOS(=O)(=O)c1cccc2ccccc12.N. The first-order valence-corrected chi connectivity index (χ1v) is 10.4. The topological polar surface area (TPSA) is 78.4 Å². The lowest BCUT2D eigenvalue weighted by atomic mass is 10.1. The number of fused-ring (bicyclic) bond motifs is 1. The molecule has 5 heteroatoms. The Balaban J connectivity index is 0.00000312. The van der Waals surface area contributed by atoms with E-state index in [0.29, 0.717) is 0 Å². The van der Waals surface area contributed by atoms with Crippen molar-refractivity contribution in [2.45, 2.75) is 63.2 Å². The number of benzene rings is 2. The Bertz CT molecular complexity index is 723. The summed E-state index contributed by atoms with van der Waals surface area (Å²) in [5.74, 6) is 0. The first-order valence-electron chi connectivity index (χ1n) is 9.02. The van der Waals surface area contributed by atoms with E-state index in [0.717, 1.165) is 30.0 Å². The van der Waals surface area contributed by atoms with Crippen molar-refractivity contribution in [1.82, 2.24) is 6.15 Å². The molecule has 2 aromatic rings. The predicted molar refractivity (Wildman–Crippen MR) is 105 cm³/mol. The normalized spacial score (nSPS) is 11.4. The lowest BCUT2D eigenvalue weighted by Gasteiger charge is -2.08. The van der Waals surface area contributed by atoms with E-state index in [1.54, 1.807) is 12.1 Å². The minimum Gasteiger partial charge on any atom is -0.344 e. The highest BCUT2D eigenvalue weighted by Gasteiger charge is 2.17. The summed E-state index contributed by atoms with van der Waals surface area (Å²) in [5, 5.41) is 1.63. The van der Waals surface area contributed by atoms with Crippen LogP contribution in [0.5, 0.6) is 0 Å². The summed E-state index contributed by atoms with van der Waals surface area (Å²) < 4.78 is 30.1. The van der Waals surface area contributed by atoms with Crippen molar-refractivity contribution < 1.29 is 12.6 Å². The first-order chi connectivity index (χ1) is 11.6. The van der Waals surface area contributed by atoms with Gasteiger partial charge in [-0.15, -0.1) is 0 Å². The number of hydrogen-bond donors (Lipinski definition) is 1. The van der Waals surface area contributed by atoms with Gasteiger partial charge in [-0.05, 0) is 17.9 Å². The van der Waals surface area contributed by atoms with Crippen molar-refractivity contribution >= 4 is 20.9 Å². The second kappa shape index (κ2) is 11.2. The maximum absolute atomic E-state index is 12.4. The third-order valence-electron chi connectivity index (χ3n) is 4.26. The van der Waals surface area contributed by atoms with Gasteiger partial charge in [-0.25, -0.2) is 0 Å². The van der Waals surface area contributed by atoms with Crippen LogP contribution in [0.25, 0.3) is 10.8 Å². The lowest BCUT2D eigenvalue weighted by molar-refractivity contribution is 0.306. The Morgan fingerprint density at radius 2 is 1.40 bits per heavy atom. The van der Waals surface area contributed by atoms with Crippen LogP contribution in [0.15, 0.2) is 47.4 Å². The minimum absolute atomic E-state index is 0. The maximum atomic E-state index is 12.4. The van der Waals surface area contributed by atoms with Gasteiger partial charge in [0.05, 0.1) is 6.61 Å². The molecule has 0 bridgehead atoms. The van der Waals surface area contributed by atoms with Gasteiger partial charge in [0, 0.05) is 5.39 Å². The monoisotopic (exact) mass is 365 g/mol. The smallest absolute Gasteiger partial charge is 0.297 e. The maximum Gasteiger partial charge on any atom is 0.297 e. The van der Waals surface area contributed by atoms with E-state index in [2.05, 4.69) is 6.92 Å². The summed E-state index contributed by atoms with van der Waals surface area (Å²) in [4.78, 5) is 0.264. The Morgan fingerprint density at radius 1 is 0.800 bits per heavy atom. The molecule has 3 N–H and O–H groups in total. The summed E-state index contributed by atoms with van der Waals surface area (Å²) >= 11 is 0. The van der Waals surface area contributed by atoms with Gasteiger partial charge in [0.2, 0.25) is 0 Å². The van der Waals surface area contributed by atoms with Gasteiger partial charge in [-0.1, -0.05) is 88.3 Å². The highest BCUT2D eigenvalue weighted by atomic mass is 32.2. The summed E-state index contributed by atoms with van der Waals surface area (Å²) in [5.41, 5.74) is 0. The molecular weight excluding hydrogens is 334 g/mol. The van der Waals surface area contributed by atoms with Crippen molar-refractivity contribution in [3.05, 3.63) is 42.5 Å². The van der Waals surface area contributed by atoms with Crippen LogP contribution in [-0.2, 0) is 14.3 Å². The van der Waals surface area contributed by atoms with E-state index < -0.39 is 10.1 Å². The lowest BCUT2D eigenvalue weighted by Crippen LogP contribution is -2.08. The van der Waals surface area contributed by atoms with Crippen molar-refractivity contribution in [3.63, 3.8) is 0 Å². The van der Waals surface area contributed by atoms with Crippen LogP contribution in [0.3, 0.4) is 0 Å². The van der Waals surface area contributed by atoms with Crippen molar-refractivity contribution in [3.8, 4) is 0 Å². The van der Waals surface area contributed by atoms with E-state index in [9.17, 15) is 8.42 Å². The zero-order valence-electron chi connectivity index (χ0n) is 15.2. The van der Waals surface area contributed by atoms with Gasteiger partial charge in [0.15, 0.2) is 0 Å². The minimum atomic E-state index is -3.69. The molecule has 4 nitrogen and oxygen atoms in total. The zero-order valence-corrected chi connectivity index (χ0v) is 16.1. The highest BCUT2D eigenvalue weighted by molar-refractivity contribution is 7.87. The van der Waals surface area contributed by atoms with Gasteiger partial charge in [0.1, 0.15) is 4.90 Å². The van der Waals surface area contributed by atoms with Crippen LogP contribution in [0.4, 0.5) is 0 Å². The Kier molecular flexibility index (Phi) is 9.71. The molecule has 0 saturated heterocycles. The Morgan fingerprint density at radius 3 is 2.12 bits per heavy atom. The molecule has 0 atom stereocenters. The number of rotatable bonds is 11. The fraction of sp³-hybridized carbons (Fsp3) is 0.500. The molecule has 0 aliphatic rings. The van der Waals surface area contributed by atoms with Crippen LogP contribution < -0.4 is 6.15 Å². The first kappa shape index (κ1) is 21.6. The van der Waals surface area contributed by atoms with E-state index in [1.165, 1.54) is 32.1 Å². The number of unbranched alkanes of at least 4 members (excludes halogenated alkanes) is 7. The van der Waals surface area contributed by atoms with Gasteiger partial charge >= 0.3 is 0 Å². The molecule has 0 aliphatic carbocycles. The van der Waals surface area contributed by atoms with Gasteiger partial charge in [-0.3, -0.25) is 4.18 Å². The summed E-state index contributed by atoms with van der Waals surface area (Å²) in [7, 11) is -3.69. The molecule has 25 heavy (non-hydrogen) atoms. The second-order valence-electron chi connectivity index (χ2n) is 6.23. The van der Waals surface area contributed by atoms with E-state index in [1.807, 2.05) is 30.3 Å². The van der Waals surface area contributed by atoms with Crippen LogP contribution in [0, 0.1) is 0 Å². The fourth-order valence-electron chi connectivity index (χ4n) is 2.88. The predicted octanol–water partition coefficient (Wildman–Crippen LogP) is 5.85. The summed E-state index contributed by atoms with van der Waals surface area (Å²) in [6.45, 7) is 2.48. The molecule has 2 rings (SSSR count). The third-order valence-corrected chi connectivity index (χ3v) is 5.63. The Hall–Kier alpha value is -1.43. The largest absolute Gasteiger partial charge is 0.344 e. The van der Waals surface area contributed by atoms with Gasteiger partial charge < -0.3 is 6.15 Å². The second-order valence-corrected chi connectivity index (χ2v) is 7.81. The van der Waals surface area contributed by atoms with Crippen molar-refractivity contribution in [2.75, 3.05) is 6.61 Å². The molecule has 0 radical (unpaired) electrons.